The zero-order chi connectivity index (χ0) is 20.5. The Kier molecular flexibility index (Phi) is 4.50. The van der Waals surface area contributed by atoms with Crippen LogP contribution in [0.3, 0.4) is 0 Å². The van der Waals surface area contributed by atoms with Crippen molar-refractivity contribution in [3.8, 4) is 28.7 Å². The summed E-state index contributed by atoms with van der Waals surface area (Å²) in [6.07, 6.45) is 1.68. The largest absolute Gasteiger partial charge is 0.383 e. The Balaban J connectivity index is 1.73. The van der Waals surface area contributed by atoms with Crippen LogP contribution < -0.4 is 16.1 Å². The van der Waals surface area contributed by atoms with E-state index in [9.17, 15) is 5.26 Å². The number of piperazine rings is 1. The highest BCUT2D eigenvalue weighted by molar-refractivity contribution is 5.83. The second kappa shape index (κ2) is 7.46. The fourth-order valence-electron chi connectivity index (χ4n) is 3.76. The third kappa shape index (κ3) is 3.11. The number of nitrogens with two attached hydrogens (primary N) is 1. The van der Waals surface area contributed by atoms with Gasteiger partial charge in [0, 0.05) is 37.9 Å². The lowest BCUT2D eigenvalue weighted by Crippen LogP contribution is -2.49. The summed E-state index contributed by atoms with van der Waals surface area (Å²) in [6.45, 7) is 3.42. The van der Waals surface area contributed by atoms with E-state index in [0.717, 1.165) is 60.0 Å². The normalized spacial score (nSPS) is 14.0. The number of hydrogen-bond donors (Lipinski definition) is 2. The van der Waals surface area contributed by atoms with Crippen LogP contribution in [0.25, 0.3) is 33.8 Å². The molecule has 1 fully saturated rings. The van der Waals surface area contributed by atoms with Gasteiger partial charge in [-0.1, -0.05) is 12.1 Å². The minimum atomic E-state index is 0.436. The van der Waals surface area contributed by atoms with E-state index in [1.54, 1.807) is 12.3 Å². The van der Waals surface area contributed by atoms with Crippen molar-refractivity contribution in [3.05, 3.63) is 60.3 Å². The molecule has 1 aliphatic heterocycles. The van der Waals surface area contributed by atoms with Gasteiger partial charge >= 0.3 is 0 Å². The molecule has 0 atom stereocenters. The van der Waals surface area contributed by atoms with E-state index in [1.165, 1.54) is 0 Å². The van der Waals surface area contributed by atoms with Crippen molar-refractivity contribution in [1.82, 2.24) is 24.9 Å². The van der Waals surface area contributed by atoms with Gasteiger partial charge in [0.15, 0.2) is 11.5 Å². The van der Waals surface area contributed by atoms with Crippen molar-refractivity contribution >= 4 is 17.0 Å². The molecular formula is C22H20N8. The van der Waals surface area contributed by atoms with E-state index in [1.807, 2.05) is 42.5 Å². The maximum absolute atomic E-state index is 9.24. The number of nitrogens with one attached hydrogen (secondary N) is 1. The van der Waals surface area contributed by atoms with Gasteiger partial charge in [0.25, 0.3) is 0 Å². The van der Waals surface area contributed by atoms with E-state index in [0.29, 0.717) is 11.4 Å². The molecule has 30 heavy (non-hydrogen) atoms. The average molecular weight is 396 g/mol. The van der Waals surface area contributed by atoms with Crippen molar-refractivity contribution < 1.29 is 0 Å². The number of anilines is 1. The lowest BCUT2D eigenvalue weighted by Gasteiger charge is -2.31. The first-order valence-corrected chi connectivity index (χ1v) is 9.81. The van der Waals surface area contributed by atoms with E-state index >= 15 is 0 Å². The monoisotopic (exact) mass is 396 g/mol. The number of benzene rings is 1. The number of imidazole rings is 1. The number of nitriles is 1. The van der Waals surface area contributed by atoms with Gasteiger partial charge in [-0.2, -0.15) is 5.26 Å². The smallest absolute Gasteiger partial charge is 0.180 e. The van der Waals surface area contributed by atoms with Crippen molar-refractivity contribution in [2.45, 2.75) is 0 Å². The molecule has 0 unspecified atom stereocenters. The molecule has 0 amide bonds. The highest BCUT2D eigenvalue weighted by atomic mass is 15.6. The van der Waals surface area contributed by atoms with Crippen LogP contribution in [0.1, 0.15) is 5.56 Å². The first-order valence-electron chi connectivity index (χ1n) is 9.81. The molecule has 0 spiro atoms. The molecule has 148 valence electrons. The van der Waals surface area contributed by atoms with Gasteiger partial charge < -0.3 is 16.1 Å². The zero-order valence-electron chi connectivity index (χ0n) is 16.3. The molecule has 3 N–H and O–H groups in total. The van der Waals surface area contributed by atoms with Gasteiger partial charge in [-0.3, -0.25) is 0 Å². The van der Waals surface area contributed by atoms with Crippen molar-refractivity contribution in [1.29, 1.82) is 5.26 Å². The molecule has 4 heterocycles. The van der Waals surface area contributed by atoms with Gasteiger partial charge in [-0.25, -0.2) is 19.6 Å². The number of aromatic nitrogens is 4. The average Bonchev–Trinajstić information content (AvgIpc) is 3.18. The lowest BCUT2D eigenvalue weighted by atomic mass is 10.1. The minimum absolute atomic E-state index is 0.436. The predicted molar refractivity (Wildman–Crippen MR) is 116 cm³/mol. The molecule has 5 rings (SSSR count). The van der Waals surface area contributed by atoms with Gasteiger partial charge in [-0.15, -0.1) is 0 Å². The highest BCUT2D eigenvalue weighted by Gasteiger charge is 2.22. The molecule has 1 saturated heterocycles. The summed E-state index contributed by atoms with van der Waals surface area (Å²) in [6, 6.07) is 17.3. The van der Waals surface area contributed by atoms with Crippen LogP contribution in [0, 0.1) is 11.3 Å². The van der Waals surface area contributed by atoms with Crippen LogP contribution in [0.2, 0.25) is 0 Å². The topological polar surface area (TPSA) is 109 Å². The summed E-state index contributed by atoms with van der Waals surface area (Å²) in [5.74, 6) is 1.17. The maximum atomic E-state index is 9.24. The van der Waals surface area contributed by atoms with Gasteiger partial charge in [-0.05, 0) is 36.4 Å². The summed E-state index contributed by atoms with van der Waals surface area (Å²) in [5, 5.41) is 14.8. The molecule has 0 aliphatic carbocycles. The van der Waals surface area contributed by atoms with Crippen molar-refractivity contribution in [3.63, 3.8) is 0 Å². The number of hydrogen-bond acceptors (Lipinski definition) is 7. The number of nitrogens with zero attached hydrogens (tertiary/aromatic N) is 6. The fourth-order valence-corrected chi connectivity index (χ4v) is 3.76. The fraction of sp³-hybridized carbons (Fsp3) is 0.182. The molecule has 4 aromatic rings. The molecule has 3 aromatic heterocycles. The van der Waals surface area contributed by atoms with Crippen LogP contribution >= 0.6 is 0 Å². The maximum Gasteiger partial charge on any atom is 0.180 e. The molecule has 0 bridgehead atoms. The Hall–Kier alpha value is -3.96. The number of rotatable bonds is 3. The van der Waals surface area contributed by atoms with E-state index in [2.05, 4.69) is 26.1 Å². The highest BCUT2D eigenvalue weighted by Crippen LogP contribution is 2.29. The lowest BCUT2D eigenvalue weighted by molar-refractivity contribution is 0.499. The number of fused-ring (bicyclic) bond motifs is 1. The molecular weight excluding hydrogens is 376 g/mol. The molecule has 8 heteroatoms. The van der Waals surface area contributed by atoms with Gasteiger partial charge in [0.2, 0.25) is 0 Å². The summed E-state index contributed by atoms with van der Waals surface area (Å²) < 4.78 is 2.06. The molecule has 8 nitrogen and oxygen atoms in total. The van der Waals surface area contributed by atoms with Crippen LogP contribution in [-0.2, 0) is 0 Å². The number of pyridine rings is 2. The third-order valence-electron chi connectivity index (χ3n) is 5.23. The summed E-state index contributed by atoms with van der Waals surface area (Å²) >= 11 is 0. The van der Waals surface area contributed by atoms with Gasteiger partial charge in [0.1, 0.15) is 11.3 Å². The van der Waals surface area contributed by atoms with Crippen LogP contribution in [-0.4, -0.2) is 45.8 Å². The van der Waals surface area contributed by atoms with E-state index in [-0.39, 0.29) is 0 Å². The molecule has 1 aliphatic rings. The second-order valence-corrected chi connectivity index (χ2v) is 7.12. The van der Waals surface area contributed by atoms with Crippen LogP contribution in [0.5, 0.6) is 0 Å². The quantitative estimate of drug-likeness (QED) is 0.546. The number of nitrogen functional groups attached to an aromatic ring is 1. The van der Waals surface area contributed by atoms with Crippen molar-refractivity contribution in [2.24, 2.45) is 0 Å². The first kappa shape index (κ1) is 18.1. The van der Waals surface area contributed by atoms with E-state index < -0.39 is 0 Å². The third-order valence-corrected chi connectivity index (χ3v) is 5.23. The Labute approximate surface area is 173 Å². The standard InChI is InChI=1S/C22H20N8/c23-14-15-3-1-4-16(13-15)18-6-7-19-22(27-18)30(29-11-9-25-10-12-29)21(28-19)17-5-2-8-26-20(17)24/h1-8,13,25H,9-12H2,(H2,24,26). The Morgan fingerprint density at radius 2 is 1.90 bits per heavy atom. The summed E-state index contributed by atoms with van der Waals surface area (Å²) in [5.41, 5.74) is 10.8. The Bertz CT molecular complexity index is 1260. The SMILES string of the molecule is N#Cc1cccc(-c2ccc3nc(-c4cccnc4N)n(N4CCNCC4)c3n2)c1. The first-order chi connectivity index (χ1) is 14.7. The molecule has 1 aromatic carbocycles. The van der Waals surface area contributed by atoms with Gasteiger partial charge in [0.05, 0.1) is 22.9 Å². The summed E-state index contributed by atoms with van der Waals surface area (Å²) in [7, 11) is 0. The molecule has 0 radical (unpaired) electrons. The molecule has 0 saturated carbocycles. The summed E-state index contributed by atoms with van der Waals surface area (Å²) in [4.78, 5) is 14.0. The van der Waals surface area contributed by atoms with Crippen molar-refractivity contribution in [2.75, 3.05) is 36.9 Å². The second-order valence-electron chi connectivity index (χ2n) is 7.12. The van der Waals surface area contributed by atoms with Crippen LogP contribution in [0.15, 0.2) is 54.7 Å². The zero-order valence-corrected chi connectivity index (χ0v) is 16.3. The van der Waals surface area contributed by atoms with Crippen LogP contribution in [0.4, 0.5) is 5.82 Å². The Morgan fingerprint density at radius 3 is 2.70 bits per heavy atom. The Morgan fingerprint density at radius 1 is 1.03 bits per heavy atom. The predicted octanol–water partition coefficient (Wildman–Crippen LogP) is 2.16. The minimum Gasteiger partial charge on any atom is -0.383 e. The van der Waals surface area contributed by atoms with E-state index in [4.69, 9.17) is 15.7 Å².